The molecule has 0 spiro atoms. The second-order valence-corrected chi connectivity index (χ2v) is 4.25. The molecular weight excluding hydrogens is 191 g/mol. The van der Waals surface area contributed by atoms with Gasteiger partial charge in [-0.2, -0.15) is 0 Å². The molecule has 0 aromatic heterocycles. The lowest BCUT2D eigenvalue weighted by Gasteiger charge is -2.28. The van der Waals surface area contributed by atoms with Gasteiger partial charge in [0.05, 0.1) is 13.2 Å². The van der Waals surface area contributed by atoms with Gasteiger partial charge in [0.1, 0.15) is 5.82 Å². The van der Waals surface area contributed by atoms with E-state index in [2.05, 4.69) is 6.58 Å². The van der Waals surface area contributed by atoms with Gasteiger partial charge < -0.3 is 4.74 Å². The molecule has 0 N–H and O–H groups in total. The van der Waals surface area contributed by atoms with Gasteiger partial charge >= 0.3 is 0 Å². The van der Waals surface area contributed by atoms with Crippen LogP contribution in [0.15, 0.2) is 36.9 Å². The zero-order valence-corrected chi connectivity index (χ0v) is 8.87. The molecule has 1 saturated heterocycles. The number of rotatable bonds is 2. The van der Waals surface area contributed by atoms with Gasteiger partial charge in [-0.1, -0.05) is 31.2 Å². The summed E-state index contributed by atoms with van der Waals surface area (Å²) < 4.78 is 19.1. The van der Waals surface area contributed by atoms with Crippen LogP contribution in [0, 0.1) is 11.7 Å². The second-order valence-electron chi connectivity index (χ2n) is 4.25. The first-order chi connectivity index (χ1) is 7.18. The van der Waals surface area contributed by atoms with E-state index in [-0.39, 0.29) is 17.2 Å². The minimum absolute atomic E-state index is 0.155. The summed E-state index contributed by atoms with van der Waals surface area (Å²) in [5.41, 5.74) is 0.458. The maximum Gasteiger partial charge on any atom is 0.127 e. The average Bonchev–Trinajstić information content (AvgIpc) is 2.61. The van der Waals surface area contributed by atoms with Crippen LogP contribution in [0.5, 0.6) is 0 Å². The first-order valence-corrected chi connectivity index (χ1v) is 5.14. The quantitative estimate of drug-likeness (QED) is 0.676. The zero-order chi connectivity index (χ0) is 10.9. The predicted octanol–water partition coefficient (Wildman–Crippen LogP) is 2.92. The van der Waals surface area contributed by atoms with Crippen LogP contribution in [0.3, 0.4) is 0 Å². The standard InChI is InChI=1S/C13H15FO/c1-3-10-8-15-9-13(10,2)11-6-4-5-7-12(11)14/h3-7,10H,1,8-9H2,2H3/t10-,13-/m0/s1. The molecular formula is C13H15FO. The van der Waals surface area contributed by atoms with Gasteiger partial charge in [0.15, 0.2) is 0 Å². The third kappa shape index (κ3) is 1.59. The van der Waals surface area contributed by atoms with Gasteiger partial charge in [-0.15, -0.1) is 6.58 Å². The highest BCUT2D eigenvalue weighted by atomic mass is 19.1. The first-order valence-electron chi connectivity index (χ1n) is 5.14. The number of hydrogen-bond donors (Lipinski definition) is 0. The van der Waals surface area contributed by atoms with Crippen molar-refractivity contribution < 1.29 is 9.13 Å². The Morgan fingerprint density at radius 2 is 2.27 bits per heavy atom. The van der Waals surface area contributed by atoms with Crippen molar-refractivity contribution in [3.63, 3.8) is 0 Å². The smallest absolute Gasteiger partial charge is 0.127 e. The van der Waals surface area contributed by atoms with Crippen LogP contribution in [0.25, 0.3) is 0 Å². The summed E-state index contributed by atoms with van der Waals surface area (Å²) in [7, 11) is 0. The molecule has 1 fully saturated rings. The lowest BCUT2D eigenvalue weighted by Crippen LogP contribution is -2.30. The SMILES string of the molecule is C=C[C@H]1COC[C@]1(C)c1ccccc1F. The van der Waals surface area contributed by atoms with Gasteiger partial charge in [0, 0.05) is 11.3 Å². The summed E-state index contributed by atoms with van der Waals surface area (Å²) >= 11 is 0. The monoisotopic (exact) mass is 206 g/mol. The Morgan fingerprint density at radius 1 is 1.53 bits per heavy atom. The molecule has 0 bridgehead atoms. The van der Waals surface area contributed by atoms with E-state index < -0.39 is 0 Å². The number of benzene rings is 1. The van der Waals surface area contributed by atoms with Crippen LogP contribution < -0.4 is 0 Å². The number of ether oxygens (including phenoxy) is 1. The van der Waals surface area contributed by atoms with Crippen molar-refractivity contribution in [3.8, 4) is 0 Å². The summed E-state index contributed by atoms with van der Waals surface area (Å²) in [5.74, 6) is 0.0340. The molecule has 0 amide bonds. The molecule has 2 atom stereocenters. The van der Waals surface area contributed by atoms with Crippen molar-refractivity contribution in [1.82, 2.24) is 0 Å². The summed E-state index contributed by atoms with van der Waals surface area (Å²) in [4.78, 5) is 0. The van der Waals surface area contributed by atoms with E-state index in [1.54, 1.807) is 6.07 Å². The van der Waals surface area contributed by atoms with Gasteiger partial charge in [-0.25, -0.2) is 4.39 Å². The molecule has 0 saturated carbocycles. The normalized spacial score (nSPS) is 30.4. The largest absolute Gasteiger partial charge is 0.380 e. The molecule has 1 aromatic rings. The molecule has 2 rings (SSSR count). The lowest BCUT2D eigenvalue weighted by molar-refractivity contribution is 0.178. The van der Waals surface area contributed by atoms with E-state index in [9.17, 15) is 4.39 Å². The molecule has 0 radical (unpaired) electrons. The van der Waals surface area contributed by atoms with Crippen LogP contribution in [-0.2, 0) is 10.2 Å². The third-order valence-electron chi connectivity index (χ3n) is 3.29. The van der Waals surface area contributed by atoms with E-state index in [1.165, 1.54) is 6.07 Å². The molecule has 15 heavy (non-hydrogen) atoms. The maximum absolute atomic E-state index is 13.7. The molecule has 1 aromatic carbocycles. The Labute approximate surface area is 89.6 Å². The highest BCUT2D eigenvalue weighted by Gasteiger charge is 2.41. The fourth-order valence-electron chi connectivity index (χ4n) is 2.22. The van der Waals surface area contributed by atoms with E-state index in [0.29, 0.717) is 13.2 Å². The summed E-state index contributed by atoms with van der Waals surface area (Å²) in [6.07, 6.45) is 1.86. The van der Waals surface area contributed by atoms with Crippen LogP contribution >= 0.6 is 0 Å². The van der Waals surface area contributed by atoms with E-state index in [4.69, 9.17) is 4.74 Å². The van der Waals surface area contributed by atoms with E-state index in [0.717, 1.165) is 5.56 Å². The van der Waals surface area contributed by atoms with E-state index in [1.807, 2.05) is 25.1 Å². The number of hydrogen-bond acceptors (Lipinski definition) is 1. The molecule has 1 aliphatic heterocycles. The Bertz CT molecular complexity index is 375. The Balaban J connectivity index is 2.45. The molecule has 2 heteroatoms. The fourth-order valence-corrected chi connectivity index (χ4v) is 2.22. The van der Waals surface area contributed by atoms with Crippen molar-refractivity contribution in [2.75, 3.05) is 13.2 Å². The molecule has 1 nitrogen and oxygen atoms in total. The van der Waals surface area contributed by atoms with Crippen LogP contribution in [0.2, 0.25) is 0 Å². The lowest BCUT2D eigenvalue weighted by atomic mass is 9.74. The topological polar surface area (TPSA) is 9.23 Å². The number of halogens is 1. The second kappa shape index (κ2) is 3.78. The summed E-state index contributed by atoms with van der Waals surface area (Å²) in [5, 5.41) is 0. The Kier molecular flexibility index (Phi) is 2.61. The Morgan fingerprint density at radius 3 is 2.93 bits per heavy atom. The van der Waals surface area contributed by atoms with Crippen molar-refractivity contribution in [2.24, 2.45) is 5.92 Å². The van der Waals surface area contributed by atoms with E-state index >= 15 is 0 Å². The van der Waals surface area contributed by atoms with Crippen molar-refractivity contribution in [3.05, 3.63) is 48.3 Å². The highest BCUT2D eigenvalue weighted by Crippen LogP contribution is 2.39. The maximum atomic E-state index is 13.7. The van der Waals surface area contributed by atoms with Crippen LogP contribution in [0.1, 0.15) is 12.5 Å². The fraction of sp³-hybridized carbons (Fsp3) is 0.385. The van der Waals surface area contributed by atoms with Gasteiger partial charge in [0.2, 0.25) is 0 Å². The van der Waals surface area contributed by atoms with Crippen LogP contribution in [-0.4, -0.2) is 13.2 Å². The minimum Gasteiger partial charge on any atom is -0.380 e. The van der Waals surface area contributed by atoms with Crippen molar-refractivity contribution in [1.29, 1.82) is 0 Å². The van der Waals surface area contributed by atoms with Gasteiger partial charge in [0.25, 0.3) is 0 Å². The predicted molar refractivity (Wildman–Crippen MR) is 58.3 cm³/mol. The van der Waals surface area contributed by atoms with Crippen molar-refractivity contribution >= 4 is 0 Å². The zero-order valence-electron chi connectivity index (χ0n) is 8.87. The highest BCUT2D eigenvalue weighted by molar-refractivity contribution is 5.30. The molecule has 80 valence electrons. The third-order valence-corrected chi connectivity index (χ3v) is 3.29. The molecule has 1 heterocycles. The average molecular weight is 206 g/mol. The minimum atomic E-state index is -0.271. The van der Waals surface area contributed by atoms with Gasteiger partial charge in [-0.05, 0) is 11.6 Å². The Hall–Kier alpha value is -1.15. The summed E-state index contributed by atoms with van der Waals surface area (Å²) in [6.45, 7) is 7.02. The molecule has 1 aliphatic rings. The molecule has 0 unspecified atom stereocenters. The summed E-state index contributed by atoms with van der Waals surface area (Å²) in [6, 6.07) is 6.91. The van der Waals surface area contributed by atoms with Crippen LogP contribution in [0.4, 0.5) is 4.39 Å². The van der Waals surface area contributed by atoms with Crippen molar-refractivity contribution in [2.45, 2.75) is 12.3 Å². The molecule has 0 aliphatic carbocycles. The van der Waals surface area contributed by atoms with Gasteiger partial charge in [-0.3, -0.25) is 0 Å². The first kappa shape index (κ1) is 10.4.